The molecule has 1 aromatic carbocycles. The van der Waals surface area contributed by atoms with Crippen LogP contribution in [0.2, 0.25) is 0 Å². The van der Waals surface area contributed by atoms with Crippen molar-refractivity contribution in [1.82, 2.24) is 10.6 Å². The van der Waals surface area contributed by atoms with Crippen LogP contribution in [0.4, 0.5) is 0 Å². The van der Waals surface area contributed by atoms with E-state index in [1.54, 1.807) is 25.6 Å². The van der Waals surface area contributed by atoms with Crippen molar-refractivity contribution in [2.24, 2.45) is 5.92 Å². The average Bonchev–Trinajstić information content (AvgIpc) is 2.58. The summed E-state index contributed by atoms with van der Waals surface area (Å²) in [6.45, 7) is 3.56. The predicted molar refractivity (Wildman–Crippen MR) is 97.9 cm³/mol. The van der Waals surface area contributed by atoms with E-state index < -0.39 is 12.1 Å². The van der Waals surface area contributed by atoms with Gasteiger partial charge in [0.1, 0.15) is 12.3 Å². The smallest absolute Gasteiger partial charge is 0.243 e. The zero-order valence-electron chi connectivity index (χ0n) is 14.5. The lowest BCUT2D eigenvalue weighted by atomic mass is 10.1. The molecule has 0 radical (unpaired) electrons. The van der Waals surface area contributed by atoms with Gasteiger partial charge in [-0.25, -0.2) is 0 Å². The molecule has 6 heteroatoms. The van der Waals surface area contributed by atoms with Crippen LogP contribution >= 0.6 is 11.8 Å². The molecule has 0 saturated carbocycles. The Bertz CT molecular complexity index is 534. The summed E-state index contributed by atoms with van der Waals surface area (Å²) < 4.78 is 0. The molecule has 2 amide bonds. The highest BCUT2D eigenvalue weighted by Crippen LogP contribution is 2.05. The number of nitrogens with one attached hydrogen (secondary N) is 2. The van der Waals surface area contributed by atoms with Crippen molar-refractivity contribution in [2.75, 3.05) is 12.0 Å². The second-order valence-electron chi connectivity index (χ2n) is 5.94. The number of amides is 2. The number of aldehydes is 1. The van der Waals surface area contributed by atoms with E-state index in [1.807, 2.05) is 36.6 Å². The third-order valence-corrected chi connectivity index (χ3v) is 4.20. The molecule has 0 aromatic heterocycles. The molecular formula is C18H26N2O3S. The standard InChI is InChI=1S/C18H26N2O3S/c1-13(2)17(22)20-16(9-10-24-3)18(23)19-15(12-21)11-14-7-5-4-6-8-14/h4-8,12-13,15-16H,9-11H2,1-3H3,(H,19,23)(H,20,22)/t15-,16+/m1/s1. The van der Waals surface area contributed by atoms with Gasteiger partial charge in [0.2, 0.25) is 11.8 Å². The van der Waals surface area contributed by atoms with Crippen LogP contribution in [0.5, 0.6) is 0 Å². The Hall–Kier alpha value is -1.82. The molecule has 0 fully saturated rings. The van der Waals surface area contributed by atoms with Crippen LogP contribution in [0.25, 0.3) is 0 Å². The Balaban J connectivity index is 2.69. The predicted octanol–water partition coefficient (Wildman–Crippen LogP) is 1.81. The SMILES string of the molecule is CSCC[C@H](NC(=O)C(C)C)C(=O)N[C@@H](C=O)Cc1ccccc1. The molecule has 5 nitrogen and oxygen atoms in total. The fraction of sp³-hybridized carbons (Fsp3) is 0.500. The highest BCUT2D eigenvalue weighted by molar-refractivity contribution is 7.98. The van der Waals surface area contributed by atoms with Gasteiger partial charge in [-0.3, -0.25) is 9.59 Å². The van der Waals surface area contributed by atoms with Crippen molar-refractivity contribution in [2.45, 2.75) is 38.8 Å². The summed E-state index contributed by atoms with van der Waals surface area (Å²) in [6, 6.07) is 8.28. The second-order valence-corrected chi connectivity index (χ2v) is 6.92. The Morgan fingerprint density at radius 3 is 2.33 bits per heavy atom. The number of benzene rings is 1. The molecule has 0 spiro atoms. The first-order valence-corrected chi connectivity index (χ1v) is 9.46. The Morgan fingerprint density at radius 2 is 1.79 bits per heavy atom. The first kappa shape index (κ1) is 20.2. The van der Waals surface area contributed by atoms with E-state index in [-0.39, 0.29) is 17.7 Å². The van der Waals surface area contributed by atoms with Crippen LogP contribution in [-0.4, -0.2) is 42.2 Å². The fourth-order valence-corrected chi connectivity index (χ4v) is 2.60. The van der Waals surface area contributed by atoms with Crippen LogP contribution in [0.15, 0.2) is 30.3 Å². The normalized spacial score (nSPS) is 13.2. The summed E-state index contributed by atoms with van der Waals surface area (Å²) in [6.07, 6.45) is 3.65. The van der Waals surface area contributed by atoms with Crippen molar-refractivity contribution in [3.8, 4) is 0 Å². The van der Waals surface area contributed by atoms with Gasteiger partial charge in [-0.05, 0) is 30.4 Å². The lowest BCUT2D eigenvalue weighted by Crippen LogP contribution is -2.51. The maximum Gasteiger partial charge on any atom is 0.243 e. The van der Waals surface area contributed by atoms with Crippen LogP contribution in [0.1, 0.15) is 25.8 Å². The fourth-order valence-electron chi connectivity index (χ4n) is 2.13. The number of hydrogen-bond donors (Lipinski definition) is 2. The van der Waals surface area contributed by atoms with Gasteiger partial charge >= 0.3 is 0 Å². The minimum absolute atomic E-state index is 0.165. The number of thioether (sulfide) groups is 1. The number of carbonyl (C=O) groups is 3. The Kier molecular flexibility index (Phi) is 9.15. The second kappa shape index (κ2) is 10.9. The molecule has 0 aliphatic carbocycles. The highest BCUT2D eigenvalue weighted by Gasteiger charge is 2.23. The van der Waals surface area contributed by atoms with E-state index in [4.69, 9.17) is 0 Å². The molecule has 132 valence electrons. The van der Waals surface area contributed by atoms with Crippen LogP contribution in [0.3, 0.4) is 0 Å². The summed E-state index contributed by atoms with van der Waals surface area (Å²) in [7, 11) is 0. The van der Waals surface area contributed by atoms with E-state index in [0.29, 0.717) is 12.8 Å². The van der Waals surface area contributed by atoms with Crippen molar-refractivity contribution in [1.29, 1.82) is 0 Å². The summed E-state index contributed by atoms with van der Waals surface area (Å²) in [5, 5.41) is 5.50. The summed E-state index contributed by atoms with van der Waals surface area (Å²) in [4.78, 5) is 35.7. The molecule has 0 aliphatic heterocycles. The quantitative estimate of drug-likeness (QED) is 0.631. The molecular weight excluding hydrogens is 324 g/mol. The van der Waals surface area contributed by atoms with Gasteiger partial charge in [0.25, 0.3) is 0 Å². The van der Waals surface area contributed by atoms with Crippen LogP contribution < -0.4 is 10.6 Å². The van der Waals surface area contributed by atoms with Crippen molar-refractivity contribution in [3.63, 3.8) is 0 Å². The summed E-state index contributed by atoms with van der Waals surface area (Å²) in [5.74, 6) is 0.0785. The van der Waals surface area contributed by atoms with E-state index >= 15 is 0 Å². The van der Waals surface area contributed by atoms with E-state index in [2.05, 4.69) is 10.6 Å². The summed E-state index contributed by atoms with van der Waals surface area (Å²) in [5.41, 5.74) is 0.974. The Labute approximate surface area is 148 Å². The van der Waals surface area contributed by atoms with Gasteiger partial charge in [-0.2, -0.15) is 11.8 Å². The molecule has 24 heavy (non-hydrogen) atoms. The van der Waals surface area contributed by atoms with Crippen molar-refractivity contribution < 1.29 is 14.4 Å². The first-order valence-electron chi connectivity index (χ1n) is 8.06. The monoisotopic (exact) mass is 350 g/mol. The maximum absolute atomic E-state index is 12.5. The molecule has 0 saturated heterocycles. The zero-order chi connectivity index (χ0) is 17.9. The first-order chi connectivity index (χ1) is 11.5. The molecule has 0 aliphatic rings. The maximum atomic E-state index is 12.5. The van der Waals surface area contributed by atoms with Gasteiger partial charge in [0.05, 0.1) is 6.04 Å². The molecule has 2 N–H and O–H groups in total. The largest absolute Gasteiger partial charge is 0.344 e. The molecule has 0 heterocycles. The third-order valence-electron chi connectivity index (χ3n) is 3.56. The van der Waals surface area contributed by atoms with Gasteiger partial charge in [-0.15, -0.1) is 0 Å². The summed E-state index contributed by atoms with van der Waals surface area (Å²) >= 11 is 1.61. The van der Waals surface area contributed by atoms with E-state index in [1.165, 1.54) is 0 Å². The van der Waals surface area contributed by atoms with Crippen LogP contribution in [-0.2, 0) is 20.8 Å². The van der Waals surface area contributed by atoms with E-state index in [9.17, 15) is 14.4 Å². The highest BCUT2D eigenvalue weighted by atomic mass is 32.2. The topological polar surface area (TPSA) is 75.3 Å². The number of carbonyl (C=O) groups excluding carboxylic acids is 3. The van der Waals surface area contributed by atoms with Gasteiger partial charge < -0.3 is 15.4 Å². The van der Waals surface area contributed by atoms with Crippen molar-refractivity contribution in [3.05, 3.63) is 35.9 Å². The van der Waals surface area contributed by atoms with Gasteiger partial charge in [0.15, 0.2) is 0 Å². The molecule has 0 unspecified atom stereocenters. The van der Waals surface area contributed by atoms with Crippen LogP contribution in [0, 0.1) is 5.92 Å². The lowest BCUT2D eigenvalue weighted by molar-refractivity contribution is -0.131. The minimum Gasteiger partial charge on any atom is -0.344 e. The number of hydrogen-bond acceptors (Lipinski definition) is 4. The zero-order valence-corrected chi connectivity index (χ0v) is 15.3. The van der Waals surface area contributed by atoms with Crippen molar-refractivity contribution >= 4 is 29.9 Å². The Morgan fingerprint density at radius 1 is 1.12 bits per heavy atom. The molecule has 0 bridgehead atoms. The molecule has 2 atom stereocenters. The molecule has 1 aromatic rings. The number of rotatable bonds is 10. The van der Waals surface area contributed by atoms with Gasteiger partial charge in [0, 0.05) is 5.92 Å². The lowest BCUT2D eigenvalue weighted by Gasteiger charge is -2.21. The third kappa shape index (κ3) is 7.17. The average molecular weight is 350 g/mol. The van der Waals surface area contributed by atoms with Gasteiger partial charge in [-0.1, -0.05) is 44.2 Å². The van der Waals surface area contributed by atoms with E-state index in [0.717, 1.165) is 17.6 Å². The molecule has 1 rings (SSSR count). The minimum atomic E-state index is -0.620.